The van der Waals surface area contributed by atoms with Crippen molar-refractivity contribution in [1.29, 1.82) is 0 Å². The van der Waals surface area contributed by atoms with E-state index in [0.717, 1.165) is 31.5 Å². The maximum absolute atomic E-state index is 11.9. The summed E-state index contributed by atoms with van der Waals surface area (Å²) in [6.07, 6.45) is 1.73. The van der Waals surface area contributed by atoms with Crippen LogP contribution >= 0.6 is 11.6 Å². The molecule has 1 N–H and O–H groups in total. The van der Waals surface area contributed by atoms with E-state index in [1.54, 1.807) is 12.1 Å². The molecular weight excluding hydrogens is 328 g/mol. The van der Waals surface area contributed by atoms with Gasteiger partial charge >= 0.3 is 0 Å². The van der Waals surface area contributed by atoms with Gasteiger partial charge in [0.1, 0.15) is 0 Å². The quantitative estimate of drug-likeness (QED) is 0.899. The van der Waals surface area contributed by atoms with Crippen molar-refractivity contribution in [2.24, 2.45) is 5.92 Å². The van der Waals surface area contributed by atoms with Crippen molar-refractivity contribution in [2.75, 3.05) is 19.6 Å². The van der Waals surface area contributed by atoms with E-state index in [9.17, 15) is 4.79 Å². The van der Waals surface area contributed by atoms with E-state index in [1.165, 1.54) is 0 Å². The Bertz CT molecular complexity index is 678. The molecule has 0 unspecified atom stereocenters. The summed E-state index contributed by atoms with van der Waals surface area (Å²) >= 11 is 5.89. The summed E-state index contributed by atoms with van der Waals surface area (Å²) in [5, 5.41) is 7.60. The first-order valence-corrected chi connectivity index (χ1v) is 8.62. The minimum atomic E-state index is 0.119. The number of rotatable bonds is 5. The van der Waals surface area contributed by atoms with Gasteiger partial charge in [0.25, 0.3) is 0 Å². The molecular formula is C17H21ClN4O2. The van der Waals surface area contributed by atoms with Crippen LogP contribution in [0, 0.1) is 5.92 Å². The Morgan fingerprint density at radius 3 is 2.71 bits per heavy atom. The first-order valence-electron chi connectivity index (χ1n) is 8.24. The van der Waals surface area contributed by atoms with Crippen molar-refractivity contribution in [3.05, 3.63) is 35.2 Å². The van der Waals surface area contributed by atoms with Crippen LogP contribution in [0.2, 0.25) is 5.02 Å². The molecule has 2 aromatic rings. The van der Waals surface area contributed by atoms with Gasteiger partial charge in [-0.05, 0) is 57.1 Å². The van der Waals surface area contributed by atoms with E-state index in [-0.39, 0.29) is 11.8 Å². The predicted octanol–water partition coefficient (Wildman–Crippen LogP) is 2.74. The number of carbonyl (C=O) groups is 1. The number of amides is 1. The number of carbonyl (C=O) groups excluding carboxylic acids is 1. The fraction of sp³-hybridized carbons (Fsp3) is 0.471. The second kappa shape index (κ2) is 7.77. The second-order valence-electron chi connectivity index (χ2n) is 5.96. The van der Waals surface area contributed by atoms with Crippen LogP contribution in [0.5, 0.6) is 0 Å². The topological polar surface area (TPSA) is 71.3 Å². The molecule has 7 heteroatoms. The first kappa shape index (κ1) is 16.9. The molecule has 6 nitrogen and oxygen atoms in total. The largest absolute Gasteiger partial charge is 0.356 e. The summed E-state index contributed by atoms with van der Waals surface area (Å²) in [6, 6.07) is 7.35. The Balaban J connectivity index is 1.54. The molecule has 24 heavy (non-hydrogen) atoms. The molecule has 2 heterocycles. The van der Waals surface area contributed by atoms with Gasteiger partial charge in [-0.25, -0.2) is 0 Å². The molecule has 1 aliphatic rings. The molecule has 1 aromatic heterocycles. The smallest absolute Gasteiger partial charge is 0.241 e. The molecule has 0 saturated carbocycles. The Kier molecular flexibility index (Phi) is 5.48. The molecule has 3 rings (SSSR count). The zero-order valence-electron chi connectivity index (χ0n) is 13.7. The molecule has 0 aliphatic carbocycles. The number of nitrogens with zero attached hydrogens (tertiary/aromatic N) is 3. The number of likely N-dealkylation sites (tertiary alicyclic amines) is 1. The highest BCUT2D eigenvalue weighted by molar-refractivity contribution is 6.30. The lowest BCUT2D eigenvalue weighted by molar-refractivity contribution is -0.126. The lowest BCUT2D eigenvalue weighted by Gasteiger charge is -2.30. The summed E-state index contributed by atoms with van der Waals surface area (Å²) in [5.41, 5.74) is 0.879. The standard InChI is InChI=1S/C17H21ClN4O2/c1-2-19-17(23)13-7-9-22(10-8-13)11-15-20-16(21-24-15)12-3-5-14(18)6-4-12/h3-6,13H,2,7-11H2,1H3,(H,19,23). The monoisotopic (exact) mass is 348 g/mol. The van der Waals surface area contributed by atoms with Crippen molar-refractivity contribution in [2.45, 2.75) is 26.3 Å². The maximum Gasteiger partial charge on any atom is 0.241 e. The fourth-order valence-corrected chi connectivity index (χ4v) is 3.02. The minimum absolute atomic E-state index is 0.119. The number of hydrogen-bond acceptors (Lipinski definition) is 5. The molecule has 0 radical (unpaired) electrons. The number of hydrogen-bond donors (Lipinski definition) is 1. The second-order valence-corrected chi connectivity index (χ2v) is 6.40. The van der Waals surface area contributed by atoms with Gasteiger partial charge in [0.15, 0.2) is 0 Å². The highest BCUT2D eigenvalue weighted by atomic mass is 35.5. The molecule has 1 fully saturated rings. The number of piperidine rings is 1. The average molecular weight is 349 g/mol. The van der Waals surface area contributed by atoms with Gasteiger partial charge in [-0.3, -0.25) is 9.69 Å². The summed E-state index contributed by atoms with van der Waals surface area (Å²) < 4.78 is 5.35. The van der Waals surface area contributed by atoms with Crippen LogP contribution in [-0.4, -0.2) is 40.6 Å². The van der Waals surface area contributed by atoms with Crippen LogP contribution in [-0.2, 0) is 11.3 Å². The van der Waals surface area contributed by atoms with Crippen LogP contribution in [0.1, 0.15) is 25.7 Å². The molecule has 1 aliphatic heterocycles. The fourth-order valence-electron chi connectivity index (χ4n) is 2.90. The summed E-state index contributed by atoms with van der Waals surface area (Å²) in [7, 11) is 0. The van der Waals surface area contributed by atoms with Crippen molar-refractivity contribution < 1.29 is 9.32 Å². The highest BCUT2D eigenvalue weighted by Crippen LogP contribution is 2.21. The third-order valence-corrected chi connectivity index (χ3v) is 4.49. The van der Waals surface area contributed by atoms with Gasteiger partial charge in [0, 0.05) is 23.0 Å². The minimum Gasteiger partial charge on any atom is -0.356 e. The van der Waals surface area contributed by atoms with Gasteiger partial charge in [-0.1, -0.05) is 16.8 Å². The average Bonchev–Trinajstić information content (AvgIpc) is 3.05. The van der Waals surface area contributed by atoms with E-state index in [1.807, 2.05) is 19.1 Å². The van der Waals surface area contributed by atoms with Crippen LogP contribution < -0.4 is 5.32 Å². The molecule has 0 spiro atoms. The van der Waals surface area contributed by atoms with Gasteiger partial charge in [-0.2, -0.15) is 4.98 Å². The van der Waals surface area contributed by atoms with Crippen LogP contribution in [0.3, 0.4) is 0 Å². The Hall–Kier alpha value is -1.92. The Morgan fingerprint density at radius 1 is 1.33 bits per heavy atom. The summed E-state index contributed by atoms with van der Waals surface area (Å²) in [4.78, 5) is 18.6. The summed E-state index contributed by atoms with van der Waals surface area (Å²) in [6.45, 7) is 4.97. The highest BCUT2D eigenvalue weighted by Gasteiger charge is 2.25. The number of aromatic nitrogens is 2. The van der Waals surface area contributed by atoms with Crippen molar-refractivity contribution in [3.8, 4) is 11.4 Å². The van der Waals surface area contributed by atoms with Crippen molar-refractivity contribution in [3.63, 3.8) is 0 Å². The van der Waals surface area contributed by atoms with E-state index < -0.39 is 0 Å². The van der Waals surface area contributed by atoms with E-state index >= 15 is 0 Å². The molecule has 1 amide bonds. The van der Waals surface area contributed by atoms with Crippen LogP contribution in [0.25, 0.3) is 11.4 Å². The molecule has 0 bridgehead atoms. The van der Waals surface area contributed by atoms with Gasteiger partial charge in [0.2, 0.25) is 17.6 Å². The van der Waals surface area contributed by atoms with E-state index in [2.05, 4.69) is 20.4 Å². The molecule has 1 saturated heterocycles. The van der Waals surface area contributed by atoms with Crippen molar-refractivity contribution in [1.82, 2.24) is 20.4 Å². The predicted molar refractivity (Wildman–Crippen MR) is 91.4 cm³/mol. The third-order valence-electron chi connectivity index (χ3n) is 4.24. The lowest BCUT2D eigenvalue weighted by Crippen LogP contribution is -2.40. The van der Waals surface area contributed by atoms with Crippen LogP contribution in [0.4, 0.5) is 0 Å². The Labute approximate surface area is 146 Å². The Morgan fingerprint density at radius 2 is 2.04 bits per heavy atom. The van der Waals surface area contributed by atoms with Crippen LogP contribution in [0.15, 0.2) is 28.8 Å². The number of halogens is 1. The zero-order valence-corrected chi connectivity index (χ0v) is 14.4. The zero-order chi connectivity index (χ0) is 16.9. The third kappa shape index (κ3) is 4.13. The normalized spacial score (nSPS) is 16.2. The summed E-state index contributed by atoms with van der Waals surface area (Å²) in [5.74, 6) is 1.45. The molecule has 1 aromatic carbocycles. The number of benzene rings is 1. The lowest BCUT2D eigenvalue weighted by atomic mass is 9.96. The van der Waals surface area contributed by atoms with E-state index in [0.29, 0.717) is 29.8 Å². The number of nitrogens with one attached hydrogen (secondary N) is 1. The molecule has 128 valence electrons. The first-order chi connectivity index (χ1) is 11.7. The SMILES string of the molecule is CCNC(=O)C1CCN(Cc2nc(-c3ccc(Cl)cc3)no2)CC1. The van der Waals surface area contributed by atoms with E-state index in [4.69, 9.17) is 16.1 Å². The van der Waals surface area contributed by atoms with Gasteiger partial charge < -0.3 is 9.84 Å². The van der Waals surface area contributed by atoms with Gasteiger partial charge in [0.05, 0.1) is 6.54 Å². The molecule has 0 atom stereocenters. The van der Waals surface area contributed by atoms with Gasteiger partial charge in [-0.15, -0.1) is 0 Å². The maximum atomic E-state index is 11.9. The van der Waals surface area contributed by atoms with Crippen molar-refractivity contribution >= 4 is 17.5 Å².